The van der Waals surface area contributed by atoms with Crippen LogP contribution in [0, 0.1) is 10.1 Å². The summed E-state index contributed by atoms with van der Waals surface area (Å²) in [5, 5.41) is 10.6. The fraction of sp³-hybridized carbons (Fsp3) is 0.500. The van der Waals surface area contributed by atoms with E-state index in [9.17, 15) is 14.9 Å². The molecule has 1 aromatic rings. The Morgan fingerprint density at radius 2 is 1.95 bits per heavy atom. The fourth-order valence-electron chi connectivity index (χ4n) is 2.27. The third-order valence-corrected chi connectivity index (χ3v) is 3.47. The van der Waals surface area contributed by atoms with E-state index in [0.29, 0.717) is 12.3 Å². The van der Waals surface area contributed by atoms with Crippen molar-refractivity contribution in [2.24, 2.45) is 0 Å². The SMILES string of the molecule is COC(=O)CN1CCC(Oc2ccc([N+](=O)[O-])cc2)CC1. The molecule has 114 valence electrons. The number of piperidine rings is 1. The summed E-state index contributed by atoms with van der Waals surface area (Å²) in [5.74, 6) is 0.400. The van der Waals surface area contributed by atoms with Gasteiger partial charge in [-0.3, -0.25) is 19.8 Å². The van der Waals surface area contributed by atoms with Gasteiger partial charge in [0.25, 0.3) is 5.69 Å². The van der Waals surface area contributed by atoms with Crippen molar-refractivity contribution < 1.29 is 19.2 Å². The zero-order valence-electron chi connectivity index (χ0n) is 11.9. The zero-order chi connectivity index (χ0) is 15.2. The minimum atomic E-state index is -0.435. The number of nitro groups is 1. The molecular weight excluding hydrogens is 276 g/mol. The van der Waals surface area contributed by atoms with Gasteiger partial charge in [0, 0.05) is 25.2 Å². The highest BCUT2D eigenvalue weighted by Crippen LogP contribution is 2.21. The van der Waals surface area contributed by atoms with E-state index in [1.54, 1.807) is 12.1 Å². The van der Waals surface area contributed by atoms with Crippen LogP contribution in [0.25, 0.3) is 0 Å². The summed E-state index contributed by atoms with van der Waals surface area (Å²) < 4.78 is 10.4. The average Bonchev–Trinajstić information content (AvgIpc) is 2.49. The summed E-state index contributed by atoms with van der Waals surface area (Å²) in [7, 11) is 1.38. The summed E-state index contributed by atoms with van der Waals surface area (Å²) in [5.41, 5.74) is 0.0512. The number of nitrogens with zero attached hydrogens (tertiary/aromatic N) is 2. The van der Waals surface area contributed by atoms with Gasteiger partial charge in [0.05, 0.1) is 18.6 Å². The van der Waals surface area contributed by atoms with Crippen molar-refractivity contribution in [3.8, 4) is 5.75 Å². The van der Waals surface area contributed by atoms with E-state index in [0.717, 1.165) is 25.9 Å². The van der Waals surface area contributed by atoms with E-state index in [2.05, 4.69) is 4.74 Å². The number of esters is 1. The molecule has 7 heteroatoms. The number of methoxy groups -OCH3 is 1. The van der Waals surface area contributed by atoms with Crippen LogP contribution in [-0.4, -0.2) is 48.6 Å². The highest BCUT2D eigenvalue weighted by atomic mass is 16.6. The Kier molecular flexibility index (Phi) is 5.10. The number of rotatable bonds is 5. The van der Waals surface area contributed by atoms with Gasteiger partial charge in [0.1, 0.15) is 11.9 Å². The number of nitro benzene ring substituents is 1. The number of carbonyl (C=O) groups excluding carboxylic acids is 1. The second-order valence-corrected chi connectivity index (χ2v) is 4.92. The Morgan fingerprint density at radius 1 is 1.33 bits per heavy atom. The first-order valence-corrected chi connectivity index (χ1v) is 6.79. The lowest BCUT2D eigenvalue weighted by atomic mass is 10.1. The number of hydrogen-bond acceptors (Lipinski definition) is 6. The van der Waals surface area contributed by atoms with Crippen molar-refractivity contribution in [1.29, 1.82) is 0 Å². The van der Waals surface area contributed by atoms with E-state index >= 15 is 0 Å². The van der Waals surface area contributed by atoms with Gasteiger partial charge < -0.3 is 9.47 Å². The molecule has 21 heavy (non-hydrogen) atoms. The monoisotopic (exact) mass is 294 g/mol. The summed E-state index contributed by atoms with van der Waals surface area (Å²) >= 11 is 0. The predicted octanol–water partition coefficient (Wildman–Crippen LogP) is 1.61. The van der Waals surface area contributed by atoms with Crippen molar-refractivity contribution in [3.05, 3.63) is 34.4 Å². The van der Waals surface area contributed by atoms with Gasteiger partial charge in [-0.05, 0) is 25.0 Å². The average molecular weight is 294 g/mol. The molecule has 1 saturated heterocycles. The maximum absolute atomic E-state index is 11.2. The Morgan fingerprint density at radius 3 is 2.48 bits per heavy atom. The molecule has 2 rings (SSSR count). The quantitative estimate of drug-likeness (QED) is 0.466. The van der Waals surface area contributed by atoms with Gasteiger partial charge in [-0.15, -0.1) is 0 Å². The molecule has 0 spiro atoms. The Balaban J connectivity index is 1.80. The normalized spacial score (nSPS) is 16.4. The van der Waals surface area contributed by atoms with Crippen LogP contribution >= 0.6 is 0 Å². The van der Waals surface area contributed by atoms with Crippen molar-refractivity contribution in [2.45, 2.75) is 18.9 Å². The maximum Gasteiger partial charge on any atom is 0.319 e. The third kappa shape index (κ3) is 4.42. The molecule has 1 heterocycles. The number of ether oxygens (including phenoxy) is 2. The van der Waals surface area contributed by atoms with Gasteiger partial charge in [0.2, 0.25) is 0 Å². The molecular formula is C14H18N2O5. The van der Waals surface area contributed by atoms with Crippen molar-refractivity contribution in [1.82, 2.24) is 4.90 Å². The molecule has 0 amide bonds. The molecule has 0 bridgehead atoms. The number of carbonyl (C=O) groups is 1. The topological polar surface area (TPSA) is 81.9 Å². The van der Waals surface area contributed by atoms with Crippen LogP contribution in [-0.2, 0) is 9.53 Å². The lowest BCUT2D eigenvalue weighted by molar-refractivity contribution is -0.384. The standard InChI is InChI=1S/C14H18N2O5/c1-20-14(17)10-15-8-6-13(7-9-15)21-12-4-2-11(3-5-12)16(18)19/h2-5,13H,6-10H2,1H3. The largest absolute Gasteiger partial charge is 0.490 e. The van der Waals surface area contributed by atoms with Crippen LogP contribution in [0.5, 0.6) is 5.75 Å². The molecule has 1 fully saturated rings. The molecule has 0 atom stereocenters. The number of hydrogen-bond donors (Lipinski definition) is 0. The highest BCUT2D eigenvalue weighted by molar-refractivity contribution is 5.71. The van der Waals surface area contributed by atoms with E-state index in [-0.39, 0.29) is 17.8 Å². The first-order valence-electron chi connectivity index (χ1n) is 6.79. The van der Waals surface area contributed by atoms with Crippen LogP contribution in [0.1, 0.15) is 12.8 Å². The van der Waals surface area contributed by atoms with Crippen molar-refractivity contribution in [2.75, 3.05) is 26.7 Å². The number of likely N-dealkylation sites (tertiary alicyclic amines) is 1. The Labute approximate surface area is 122 Å². The maximum atomic E-state index is 11.2. The highest BCUT2D eigenvalue weighted by Gasteiger charge is 2.22. The third-order valence-electron chi connectivity index (χ3n) is 3.47. The molecule has 1 aromatic carbocycles. The van der Waals surface area contributed by atoms with Gasteiger partial charge in [-0.2, -0.15) is 0 Å². The molecule has 1 aliphatic rings. The van der Waals surface area contributed by atoms with E-state index in [1.165, 1.54) is 19.2 Å². The van der Waals surface area contributed by atoms with Crippen LogP contribution in [0.4, 0.5) is 5.69 Å². The molecule has 0 unspecified atom stereocenters. The smallest absolute Gasteiger partial charge is 0.319 e. The van der Waals surface area contributed by atoms with Crippen molar-refractivity contribution >= 4 is 11.7 Å². The Hall–Kier alpha value is -2.15. The molecule has 0 saturated carbocycles. The van der Waals surface area contributed by atoms with Crippen LogP contribution < -0.4 is 4.74 Å². The van der Waals surface area contributed by atoms with Crippen LogP contribution in [0.15, 0.2) is 24.3 Å². The second kappa shape index (κ2) is 7.03. The van der Waals surface area contributed by atoms with E-state index in [1.807, 2.05) is 4.90 Å². The zero-order valence-corrected chi connectivity index (χ0v) is 11.9. The second-order valence-electron chi connectivity index (χ2n) is 4.92. The molecule has 0 radical (unpaired) electrons. The summed E-state index contributed by atoms with van der Waals surface area (Å²) in [6.07, 6.45) is 1.70. The molecule has 1 aliphatic heterocycles. The molecule has 7 nitrogen and oxygen atoms in total. The lowest BCUT2D eigenvalue weighted by Gasteiger charge is -2.31. The van der Waals surface area contributed by atoms with Crippen molar-refractivity contribution in [3.63, 3.8) is 0 Å². The summed E-state index contributed by atoms with van der Waals surface area (Å²) in [4.78, 5) is 23.4. The van der Waals surface area contributed by atoms with E-state index in [4.69, 9.17) is 4.74 Å². The first kappa shape index (κ1) is 15.2. The Bertz CT molecular complexity index is 495. The minimum Gasteiger partial charge on any atom is -0.490 e. The fourth-order valence-corrected chi connectivity index (χ4v) is 2.27. The van der Waals surface area contributed by atoms with Gasteiger partial charge in [-0.25, -0.2) is 0 Å². The molecule has 0 N–H and O–H groups in total. The molecule has 0 aliphatic carbocycles. The summed E-state index contributed by atoms with van der Waals surface area (Å²) in [6, 6.07) is 6.08. The summed E-state index contributed by atoms with van der Waals surface area (Å²) in [6.45, 7) is 1.85. The minimum absolute atomic E-state index is 0.0512. The number of non-ortho nitro benzene ring substituents is 1. The van der Waals surface area contributed by atoms with Gasteiger partial charge in [0.15, 0.2) is 0 Å². The predicted molar refractivity (Wildman–Crippen MR) is 75.2 cm³/mol. The first-order chi connectivity index (χ1) is 10.1. The van der Waals surface area contributed by atoms with Crippen LogP contribution in [0.3, 0.4) is 0 Å². The van der Waals surface area contributed by atoms with Gasteiger partial charge in [-0.1, -0.05) is 0 Å². The lowest BCUT2D eigenvalue weighted by Crippen LogP contribution is -2.41. The molecule has 0 aromatic heterocycles. The van der Waals surface area contributed by atoms with E-state index < -0.39 is 4.92 Å². The number of benzene rings is 1. The van der Waals surface area contributed by atoms with Crippen LogP contribution in [0.2, 0.25) is 0 Å². The van der Waals surface area contributed by atoms with Gasteiger partial charge >= 0.3 is 5.97 Å².